The van der Waals surface area contributed by atoms with Gasteiger partial charge in [0.05, 0.1) is 5.75 Å². The average molecular weight is 401 g/mol. The maximum absolute atomic E-state index is 13.3. The van der Waals surface area contributed by atoms with Crippen molar-refractivity contribution in [2.45, 2.75) is 76.7 Å². The first-order valence-electron chi connectivity index (χ1n) is 10.8. The molecule has 0 bridgehead atoms. The van der Waals surface area contributed by atoms with Gasteiger partial charge in [-0.1, -0.05) is 6.92 Å². The van der Waals surface area contributed by atoms with E-state index in [4.69, 9.17) is 0 Å². The molecule has 2 nitrogen and oxygen atoms in total. The van der Waals surface area contributed by atoms with Crippen LogP contribution >= 0.6 is 11.8 Å². The van der Waals surface area contributed by atoms with Crippen LogP contribution in [0.1, 0.15) is 64.7 Å². The molecule has 0 aliphatic heterocycles. The Morgan fingerprint density at radius 1 is 1.07 bits per heavy atom. The number of fused-ring (bicyclic) bond motifs is 5. The Morgan fingerprint density at radius 3 is 2.52 bits per heavy atom. The van der Waals surface area contributed by atoms with Crippen molar-refractivity contribution in [2.75, 3.05) is 12.0 Å². The SMILES string of the molecule is CSCC(=O)[C@H]1CC[C@H]2[C@@H]3CC[C@@H]4C[C@](O)(C(F)F)CC[C@@H]4[C@H]3CC[C@]12C. The number of Topliss-reactive ketones (excluding diaryl/α,β-unsaturated/α-hetero) is 1. The maximum Gasteiger partial charge on any atom is 0.266 e. The van der Waals surface area contributed by atoms with Crippen LogP contribution in [0.3, 0.4) is 0 Å². The first-order chi connectivity index (χ1) is 12.8. The van der Waals surface area contributed by atoms with Crippen molar-refractivity contribution >= 4 is 17.5 Å². The Morgan fingerprint density at radius 2 is 1.81 bits per heavy atom. The van der Waals surface area contributed by atoms with Crippen LogP contribution in [0.5, 0.6) is 0 Å². The van der Waals surface area contributed by atoms with Crippen molar-refractivity contribution in [2.24, 2.45) is 40.9 Å². The highest BCUT2D eigenvalue weighted by Gasteiger charge is 2.59. The van der Waals surface area contributed by atoms with Crippen molar-refractivity contribution in [3.63, 3.8) is 0 Å². The molecule has 4 aliphatic carbocycles. The molecule has 5 heteroatoms. The molecule has 0 heterocycles. The number of hydrogen-bond donors (Lipinski definition) is 1. The standard InChI is InChI=1S/C22H34F2O2S/c1-21-9-7-15-14-8-10-22(26,20(23)24)11-13(14)3-4-16(15)17(21)5-6-18(21)19(25)12-27-2/h13-18,20,26H,3-12H2,1-2H3/t13-,14+,15-,16-,17+,18-,21+,22+/m1/s1. The van der Waals surface area contributed by atoms with E-state index < -0.39 is 12.0 Å². The molecular formula is C22H34F2O2S. The fraction of sp³-hybridized carbons (Fsp3) is 0.955. The number of carbonyl (C=O) groups excluding carboxylic acids is 1. The molecule has 0 aromatic rings. The lowest BCUT2D eigenvalue weighted by atomic mass is 9.49. The summed E-state index contributed by atoms with van der Waals surface area (Å²) in [4.78, 5) is 12.7. The van der Waals surface area contributed by atoms with Crippen molar-refractivity contribution in [3.05, 3.63) is 0 Å². The summed E-state index contributed by atoms with van der Waals surface area (Å²) >= 11 is 1.64. The highest BCUT2D eigenvalue weighted by molar-refractivity contribution is 7.99. The summed E-state index contributed by atoms with van der Waals surface area (Å²) in [5, 5.41) is 10.3. The smallest absolute Gasteiger partial charge is 0.266 e. The predicted octanol–water partition coefficient (Wildman–Crippen LogP) is 5.18. The van der Waals surface area contributed by atoms with Gasteiger partial charge in [0.2, 0.25) is 0 Å². The zero-order valence-corrected chi connectivity index (χ0v) is 17.4. The number of alkyl halides is 2. The molecule has 0 spiro atoms. The highest BCUT2D eigenvalue weighted by Crippen LogP contribution is 2.64. The summed E-state index contributed by atoms with van der Waals surface area (Å²) in [5.41, 5.74) is -1.60. The number of ketones is 1. The van der Waals surface area contributed by atoms with Crippen molar-refractivity contribution in [3.8, 4) is 0 Å². The summed E-state index contributed by atoms with van der Waals surface area (Å²) in [6.07, 6.45) is 7.25. The van der Waals surface area contributed by atoms with E-state index in [1.807, 2.05) is 6.26 Å². The Kier molecular flexibility index (Phi) is 5.42. The van der Waals surface area contributed by atoms with Crippen LogP contribution < -0.4 is 0 Å². The van der Waals surface area contributed by atoms with Gasteiger partial charge in [-0.25, -0.2) is 8.78 Å². The Hall–Kier alpha value is -0.160. The zero-order valence-electron chi connectivity index (χ0n) is 16.6. The molecule has 4 saturated carbocycles. The minimum Gasteiger partial charge on any atom is -0.384 e. The van der Waals surface area contributed by atoms with Crippen LogP contribution in [-0.2, 0) is 4.79 Å². The highest BCUT2D eigenvalue weighted by atomic mass is 32.2. The van der Waals surface area contributed by atoms with Gasteiger partial charge >= 0.3 is 0 Å². The molecule has 0 aromatic heterocycles. The lowest BCUT2D eigenvalue weighted by Crippen LogP contribution is -2.53. The molecule has 4 aliphatic rings. The first kappa shape index (κ1) is 20.1. The fourth-order valence-corrected chi connectivity index (χ4v) is 8.37. The lowest BCUT2D eigenvalue weighted by Gasteiger charge is -2.57. The summed E-state index contributed by atoms with van der Waals surface area (Å²) in [6, 6.07) is 0. The van der Waals surface area contributed by atoms with Crippen LogP contribution in [0.2, 0.25) is 0 Å². The Balaban J connectivity index is 1.50. The van der Waals surface area contributed by atoms with E-state index in [9.17, 15) is 18.7 Å². The topological polar surface area (TPSA) is 37.3 Å². The van der Waals surface area contributed by atoms with E-state index in [0.29, 0.717) is 35.2 Å². The summed E-state index contributed by atoms with van der Waals surface area (Å²) in [5.74, 6) is 3.99. The monoisotopic (exact) mass is 400 g/mol. The van der Waals surface area contributed by atoms with Gasteiger partial charge in [0, 0.05) is 5.92 Å². The van der Waals surface area contributed by atoms with E-state index in [1.54, 1.807) is 11.8 Å². The van der Waals surface area contributed by atoms with Gasteiger partial charge in [-0.2, -0.15) is 11.8 Å². The third-order valence-electron chi connectivity index (χ3n) is 9.13. The quantitative estimate of drug-likeness (QED) is 0.706. The summed E-state index contributed by atoms with van der Waals surface area (Å²) < 4.78 is 26.6. The molecule has 4 fully saturated rings. The van der Waals surface area contributed by atoms with Crippen molar-refractivity contribution in [1.29, 1.82) is 0 Å². The number of thioether (sulfide) groups is 1. The van der Waals surface area contributed by atoms with Crippen LogP contribution in [0.25, 0.3) is 0 Å². The number of aliphatic hydroxyl groups is 1. The molecule has 154 valence electrons. The average Bonchev–Trinajstić information content (AvgIpc) is 2.98. The Labute approximate surface area is 166 Å². The van der Waals surface area contributed by atoms with Gasteiger partial charge in [-0.15, -0.1) is 0 Å². The second-order valence-electron chi connectivity index (χ2n) is 10.2. The minimum absolute atomic E-state index is 0.152. The van der Waals surface area contributed by atoms with E-state index in [1.165, 1.54) is 6.42 Å². The number of hydrogen-bond acceptors (Lipinski definition) is 3. The normalized spacial score (nSPS) is 49.4. The maximum atomic E-state index is 13.3. The molecule has 0 unspecified atom stereocenters. The van der Waals surface area contributed by atoms with Gasteiger partial charge in [0.25, 0.3) is 6.43 Å². The molecule has 0 amide bonds. The summed E-state index contributed by atoms with van der Waals surface area (Å²) in [6.45, 7) is 2.37. The van der Waals surface area contributed by atoms with Crippen molar-refractivity contribution < 1.29 is 18.7 Å². The molecule has 4 rings (SSSR count). The van der Waals surface area contributed by atoms with E-state index in [0.717, 1.165) is 38.5 Å². The fourth-order valence-electron chi connectivity index (χ4n) is 7.88. The second-order valence-corrected chi connectivity index (χ2v) is 11.0. The third kappa shape index (κ3) is 3.19. The third-order valence-corrected chi connectivity index (χ3v) is 9.70. The van der Waals surface area contributed by atoms with Gasteiger partial charge in [-0.3, -0.25) is 4.79 Å². The van der Waals surface area contributed by atoms with Crippen LogP contribution in [-0.4, -0.2) is 34.9 Å². The first-order valence-corrected chi connectivity index (χ1v) is 12.2. The van der Waals surface area contributed by atoms with Crippen LogP contribution in [0, 0.1) is 40.9 Å². The molecule has 0 aromatic carbocycles. The van der Waals surface area contributed by atoms with Gasteiger partial charge in [0.15, 0.2) is 0 Å². The van der Waals surface area contributed by atoms with E-state index in [-0.39, 0.29) is 30.1 Å². The number of rotatable bonds is 4. The zero-order chi connectivity index (χ0) is 19.4. The van der Waals surface area contributed by atoms with E-state index in [2.05, 4.69) is 6.92 Å². The molecule has 0 saturated heterocycles. The molecule has 0 radical (unpaired) electrons. The van der Waals surface area contributed by atoms with Gasteiger partial charge in [-0.05, 0) is 99.0 Å². The largest absolute Gasteiger partial charge is 0.384 e. The predicted molar refractivity (Wildman–Crippen MR) is 105 cm³/mol. The number of halogens is 2. The van der Waals surface area contributed by atoms with Gasteiger partial charge < -0.3 is 5.11 Å². The van der Waals surface area contributed by atoms with E-state index >= 15 is 0 Å². The molecule has 1 N–H and O–H groups in total. The molecule has 27 heavy (non-hydrogen) atoms. The molecular weight excluding hydrogens is 366 g/mol. The van der Waals surface area contributed by atoms with Gasteiger partial charge in [0.1, 0.15) is 11.4 Å². The Bertz CT molecular complexity index is 585. The second kappa shape index (κ2) is 7.27. The van der Waals surface area contributed by atoms with Crippen LogP contribution in [0.15, 0.2) is 0 Å². The lowest BCUT2D eigenvalue weighted by molar-refractivity contribution is -0.160. The van der Waals surface area contributed by atoms with Crippen LogP contribution in [0.4, 0.5) is 8.78 Å². The summed E-state index contributed by atoms with van der Waals surface area (Å²) in [7, 11) is 0. The number of carbonyl (C=O) groups is 1. The minimum atomic E-state index is -2.62. The van der Waals surface area contributed by atoms with Crippen molar-refractivity contribution in [1.82, 2.24) is 0 Å². The molecule has 8 atom stereocenters.